The number of fused-ring (bicyclic) bond motifs is 1. The van der Waals surface area contributed by atoms with Crippen molar-refractivity contribution in [2.45, 2.75) is 32.2 Å². The molecule has 2 nitrogen and oxygen atoms in total. The van der Waals surface area contributed by atoms with Crippen LogP contribution in [0.4, 0.5) is 4.39 Å². The quantitative estimate of drug-likeness (QED) is 0.732. The fraction of sp³-hybridized carbons (Fsp3) is 0.357. The van der Waals surface area contributed by atoms with E-state index < -0.39 is 0 Å². The van der Waals surface area contributed by atoms with Gasteiger partial charge in [-0.3, -0.25) is 0 Å². The van der Waals surface area contributed by atoms with Gasteiger partial charge in [-0.25, -0.2) is 9.37 Å². The predicted octanol–water partition coefficient (Wildman–Crippen LogP) is 3.59. The van der Waals surface area contributed by atoms with Crippen LogP contribution in [0, 0.1) is 5.82 Å². The number of halogens is 1. The van der Waals surface area contributed by atoms with E-state index in [4.69, 9.17) is 0 Å². The summed E-state index contributed by atoms with van der Waals surface area (Å²) in [7, 11) is 0. The molecule has 3 heteroatoms. The van der Waals surface area contributed by atoms with Crippen molar-refractivity contribution in [3.8, 4) is 11.3 Å². The summed E-state index contributed by atoms with van der Waals surface area (Å²) in [5, 5.41) is 0. The highest BCUT2D eigenvalue weighted by Crippen LogP contribution is 2.30. The van der Waals surface area contributed by atoms with Crippen molar-refractivity contribution in [1.82, 2.24) is 9.55 Å². The first-order valence-corrected chi connectivity index (χ1v) is 6.07. The Hall–Kier alpha value is -1.64. The molecule has 0 saturated carbocycles. The van der Waals surface area contributed by atoms with E-state index in [9.17, 15) is 4.39 Å². The highest BCUT2D eigenvalue weighted by molar-refractivity contribution is 5.59. The summed E-state index contributed by atoms with van der Waals surface area (Å²) < 4.78 is 15.9. The Kier molecular flexibility index (Phi) is 2.46. The monoisotopic (exact) mass is 230 g/mol. The van der Waals surface area contributed by atoms with Gasteiger partial charge in [-0.1, -0.05) is 19.1 Å². The van der Waals surface area contributed by atoms with Crippen LogP contribution in [-0.4, -0.2) is 9.55 Å². The standard InChI is InChI=1S/C14H15FN2/c1-10-5-4-8-17-9-13(16-14(10)17)11-6-2-3-7-12(11)15/h2-3,6-7,9-10H,4-5,8H2,1H3/t10-/m1/s1. The lowest BCUT2D eigenvalue weighted by Gasteiger charge is -2.19. The van der Waals surface area contributed by atoms with Crippen molar-refractivity contribution < 1.29 is 4.39 Å². The number of hydrogen-bond donors (Lipinski definition) is 0. The van der Waals surface area contributed by atoms with Gasteiger partial charge < -0.3 is 4.57 Å². The number of aryl methyl sites for hydroxylation is 1. The van der Waals surface area contributed by atoms with Crippen LogP contribution in [-0.2, 0) is 6.54 Å². The van der Waals surface area contributed by atoms with Gasteiger partial charge in [0.1, 0.15) is 11.6 Å². The molecule has 0 radical (unpaired) electrons. The zero-order valence-electron chi connectivity index (χ0n) is 9.86. The Morgan fingerprint density at radius 3 is 2.94 bits per heavy atom. The number of imidazole rings is 1. The second-order valence-electron chi connectivity index (χ2n) is 4.70. The molecule has 0 aliphatic carbocycles. The molecule has 0 N–H and O–H groups in total. The molecular formula is C14H15FN2. The van der Waals surface area contributed by atoms with Gasteiger partial charge in [0.25, 0.3) is 0 Å². The lowest BCUT2D eigenvalue weighted by Crippen LogP contribution is -2.12. The largest absolute Gasteiger partial charge is 0.334 e. The molecule has 1 aliphatic rings. The van der Waals surface area contributed by atoms with Crippen LogP contribution in [0.1, 0.15) is 31.5 Å². The topological polar surface area (TPSA) is 17.8 Å². The molecule has 1 aromatic heterocycles. The molecule has 2 heterocycles. The lowest BCUT2D eigenvalue weighted by molar-refractivity contribution is 0.463. The van der Waals surface area contributed by atoms with Gasteiger partial charge >= 0.3 is 0 Å². The number of nitrogens with zero attached hydrogens (tertiary/aromatic N) is 2. The number of benzene rings is 1. The van der Waals surface area contributed by atoms with E-state index in [1.807, 2.05) is 12.3 Å². The van der Waals surface area contributed by atoms with E-state index in [2.05, 4.69) is 16.5 Å². The van der Waals surface area contributed by atoms with Gasteiger partial charge in [0.2, 0.25) is 0 Å². The normalized spacial score (nSPS) is 19.1. The molecule has 1 aliphatic heterocycles. The summed E-state index contributed by atoms with van der Waals surface area (Å²) in [5.74, 6) is 1.37. The minimum absolute atomic E-state index is 0.199. The van der Waals surface area contributed by atoms with Crippen LogP contribution in [0.25, 0.3) is 11.3 Å². The van der Waals surface area contributed by atoms with E-state index in [0.29, 0.717) is 11.5 Å². The first-order valence-electron chi connectivity index (χ1n) is 6.07. The maximum absolute atomic E-state index is 13.7. The fourth-order valence-electron chi connectivity index (χ4n) is 2.50. The van der Waals surface area contributed by atoms with Crippen LogP contribution in [0.15, 0.2) is 30.5 Å². The molecule has 1 aromatic carbocycles. The van der Waals surface area contributed by atoms with Crippen LogP contribution >= 0.6 is 0 Å². The molecule has 3 rings (SSSR count). The molecule has 0 fully saturated rings. The Bertz CT molecular complexity index is 545. The molecule has 0 saturated heterocycles. The molecule has 0 bridgehead atoms. The third-order valence-corrected chi connectivity index (χ3v) is 3.43. The molecule has 0 unspecified atom stereocenters. The van der Waals surface area contributed by atoms with Crippen molar-refractivity contribution in [1.29, 1.82) is 0 Å². The Balaban J connectivity index is 2.08. The van der Waals surface area contributed by atoms with Crippen molar-refractivity contribution in [3.05, 3.63) is 42.1 Å². The van der Waals surface area contributed by atoms with Gasteiger partial charge in [-0.15, -0.1) is 0 Å². The lowest BCUT2D eigenvalue weighted by atomic mass is 10.0. The van der Waals surface area contributed by atoms with Crippen LogP contribution < -0.4 is 0 Å². The Morgan fingerprint density at radius 2 is 2.18 bits per heavy atom. The van der Waals surface area contributed by atoms with Crippen molar-refractivity contribution >= 4 is 0 Å². The van der Waals surface area contributed by atoms with Crippen molar-refractivity contribution in [2.75, 3.05) is 0 Å². The van der Waals surface area contributed by atoms with Gasteiger partial charge in [0.15, 0.2) is 0 Å². The van der Waals surface area contributed by atoms with E-state index in [-0.39, 0.29) is 5.82 Å². The summed E-state index contributed by atoms with van der Waals surface area (Å²) in [5.41, 5.74) is 1.36. The first kappa shape index (κ1) is 10.5. The van der Waals surface area contributed by atoms with E-state index in [1.54, 1.807) is 12.1 Å². The van der Waals surface area contributed by atoms with Crippen LogP contribution in [0.3, 0.4) is 0 Å². The summed E-state index contributed by atoms with van der Waals surface area (Å²) in [4.78, 5) is 4.59. The third kappa shape index (κ3) is 1.75. The number of rotatable bonds is 1. The smallest absolute Gasteiger partial charge is 0.132 e. The molecule has 17 heavy (non-hydrogen) atoms. The molecule has 1 atom stereocenters. The second kappa shape index (κ2) is 3.99. The second-order valence-corrected chi connectivity index (χ2v) is 4.70. The SMILES string of the molecule is C[C@@H]1CCCn2cc(-c3ccccc3F)nc21. The van der Waals surface area contributed by atoms with Gasteiger partial charge in [-0.05, 0) is 25.0 Å². The molecule has 0 amide bonds. The zero-order valence-corrected chi connectivity index (χ0v) is 9.86. The zero-order chi connectivity index (χ0) is 11.8. The third-order valence-electron chi connectivity index (χ3n) is 3.43. The van der Waals surface area contributed by atoms with Crippen molar-refractivity contribution in [2.24, 2.45) is 0 Å². The molecule has 0 spiro atoms. The summed E-state index contributed by atoms with van der Waals surface area (Å²) in [6.07, 6.45) is 4.33. The van der Waals surface area contributed by atoms with Gasteiger partial charge in [-0.2, -0.15) is 0 Å². The number of aromatic nitrogens is 2. The Labute approximate surface area is 100 Å². The van der Waals surface area contributed by atoms with Crippen molar-refractivity contribution in [3.63, 3.8) is 0 Å². The molecule has 88 valence electrons. The van der Waals surface area contributed by atoms with Gasteiger partial charge in [0.05, 0.1) is 5.69 Å². The van der Waals surface area contributed by atoms with E-state index in [1.165, 1.54) is 18.9 Å². The summed E-state index contributed by atoms with van der Waals surface area (Å²) in [6, 6.07) is 6.82. The minimum Gasteiger partial charge on any atom is -0.334 e. The fourth-order valence-corrected chi connectivity index (χ4v) is 2.50. The van der Waals surface area contributed by atoms with Crippen LogP contribution in [0.2, 0.25) is 0 Å². The van der Waals surface area contributed by atoms with Gasteiger partial charge in [0, 0.05) is 24.2 Å². The predicted molar refractivity (Wildman–Crippen MR) is 65.3 cm³/mol. The van der Waals surface area contributed by atoms with Crippen LogP contribution in [0.5, 0.6) is 0 Å². The summed E-state index contributed by atoms with van der Waals surface area (Å²) >= 11 is 0. The Morgan fingerprint density at radius 1 is 1.35 bits per heavy atom. The molecule has 2 aromatic rings. The first-order chi connectivity index (χ1) is 8.25. The maximum Gasteiger partial charge on any atom is 0.132 e. The highest BCUT2D eigenvalue weighted by Gasteiger charge is 2.20. The average molecular weight is 230 g/mol. The molecular weight excluding hydrogens is 215 g/mol. The highest BCUT2D eigenvalue weighted by atomic mass is 19.1. The average Bonchev–Trinajstić information content (AvgIpc) is 2.75. The number of hydrogen-bond acceptors (Lipinski definition) is 1. The minimum atomic E-state index is -0.199. The van der Waals surface area contributed by atoms with E-state index in [0.717, 1.165) is 18.1 Å². The summed E-state index contributed by atoms with van der Waals surface area (Å²) in [6.45, 7) is 3.18. The maximum atomic E-state index is 13.7. The van der Waals surface area contributed by atoms with E-state index >= 15 is 0 Å².